The largest absolute Gasteiger partial charge is 0.268 e. The first-order chi connectivity index (χ1) is 6.56. The van der Waals surface area contributed by atoms with Crippen molar-refractivity contribution in [2.75, 3.05) is 0 Å². The Hall–Kier alpha value is -0.920. The van der Waals surface area contributed by atoms with Crippen LogP contribution in [0.5, 0.6) is 0 Å². The van der Waals surface area contributed by atoms with E-state index < -0.39 is 12.0 Å². The van der Waals surface area contributed by atoms with Crippen LogP contribution in [0.4, 0.5) is 8.78 Å². The summed E-state index contributed by atoms with van der Waals surface area (Å²) in [6.45, 7) is 0. The molecule has 0 atom stereocenters. The van der Waals surface area contributed by atoms with Gasteiger partial charge in [0, 0.05) is 0 Å². The van der Waals surface area contributed by atoms with Crippen molar-refractivity contribution < 1.29 is 8.78 Å². The maximum absolute atomic E-state index is 12.3. The number of nitriles is 1. The summed E-state index contributed by atoms with van der Waals surface area (Å²) in [6, 6.07) is 3.04. The summed E-state index contributed by atoms with van der Waals surface area (Å²) < 4.78 is 24.7. The number of pyridine rings is 1. The third-order valence-corrected chi connectivity index (χ3v) is 2.09. The molecule has 2 nitrogen and oxygen atoms in total. The molecule has 1 aromatic rings. The third kappa shape index (κ3) is 2.31. The Balaban J connectivity index is 3.19. The van der Waals surface area contributed by atoms with Gasteiger partial charge in [-0.3, -0.25) is 0 Å². The van der Waals surface area contributed by atoms with Crippen molar-refractivity contribution in [2.24, 2.45) is 0 Å². The van der Waals surface area contributed by atoms with Crippen LogP contribution in [-0.4, -0.2) is 4.98 Å². The monoisotopic (exact) mass is 236 g/mol. The fourth-order valence-electron chi connectivity index (χ4n) is 0.907. The molecule has 14 heavy (non-hydrogen) atoms. The first-order valence-corrected chi connectivity index (χ1v) is 4.31. The number of hydrogen-bond donors (Lipinski definition) is 0. The highest BCUT2D eigenvalue weighted by Gasteiger charge is 2.18. The minimum Gasteiger partial charge on any atom is -0.239 e. The Labute approximate surface area is 89.1 Å². The average molecular weight is 237 g/mol. The van der Waals surface area contributed by atoms with Crippen molar-refractivity contribution >= 4 is 23.2 Å². The van der Waals surface area contributed by atoms with Crippen molar-refractivity contribution in [2.45, 2.75) is 12.8 Å². The maximum Gasteiger partial charge on any atom is 0.268 e. The number of halogens is 4. The van der Waals surface area contributed by atoms with Crippen LogP contribution >= 0.6 is 23.2 Å². The van der Waals surface area contributed by atoms with Gasteiger partial charge >= 0.3 is 0 Å². The van der Waals surface area contributed by atoms with E-state index in [1.54, 1.807) is 0 Å². The van der Waals surface area contributed by atoms with Gasteiger partial charge in [-0.15, -0.1) is 0 Å². The molecule has 1 rings (SSSR count). The molecule has 1 heterocycles. The average Bonchev–Trinajstić information content (AvgIpc) is 2.01. The van der Waals surface area contributed by atoms with E-state index in [9.17, 15) is 8.78 Å². The predicted molar refractivity (Wildman–Crippen MR) is 48.5 cm³/mol. The molecule has 0 radical (unpaired) electrons. The SMILES string of the molecule is N#CCc1cc(Cl)c(C(F)F)c(Cl)n1. The highest BCUT2D eigenvalue weighted by Crippen LogP contribution is 2.32. The van der Waals surface area contributed by atoms with E-state index in [1.165, 1.54) is 6.07 Å². The summed E-state index contributed by atoms with van der Waals surface area (Å²) in [5.41, 5.74) is -0.207. The van der Waals surface area contributed by atoms with Crippen LogP contribution in [0.2, 0.25) is 10.2 Å². The lowest BCUT2D eigenvalue weighted by atomic mass is 10.2. The molecule has 0 saturated carbocycles. The van der Waals surface area contributed by atoms with E-state index in [-0.39, 0.29) is 22.3 Å². The van der Waals surface area contributed by atoms with E-state index >= 15 is 0 Å². The summed E-state index contributed by atoms with van der Waals surface area (Å²) in [5, 5.41) is 7.84. The van der Waals surface area contributed by atoms with Crippen LogP contribution in [0.3, 0.4) is 0 Å². The molecule has 6 heteroatoms. The van der Waals surface area contributed by atoms with E-state index in [2.05, 4.69) is 4.98 Å². The van der Waals surface area contributed by atoms with Gasteiger partial charge in [-0.25, -0.2) is 13.8 Å². The molecule has 0 aliphatic carbocycles. The topological polar surface area (TPSA) is 36.7 Å². The Kier molecular flexibility index (Phi) is 3.62. The van der Waals surface area contributed by atoms with Crippen LogP contribution < -0.4 is 0 Å². The van der Waals surface area contributed by atoms with Gasteiger partial charge in [0.25, 0.3) is 6.43 Å². The molecule has 0 saturated heterocycles. The van der Waals surface area contributed by atoms with Gasteiger partial charge in [0.05, 0.1) is 28.8 Å². The minimum atomic E-state index is -2.77. The Morgan fingerprint density at radius 2 is 2.14 bits per heavy atom. The third-order valence-electron chi connectivity index (χ3n) is 1.49. The molecule has 1 aromatic heterocycles. The lowest BCUT2D eigenvalue weighted by Crippen LogP contribution is -1.96. The summed E-state index contributed by atoms with van der Waals surface area (Å²) in [7, 11) is 0. The molecular weight excluding hydrogens is 233 g/mol. The summed E-state index contributed by atoms with van der Waals surface area (Å²) in [4.78, 5) is 3.62. The van der Waals surface area contributed by atoms with Crippen LogP contribution in [0, 0.1) is 11.3 Å². The van der Waals surface area contributed by atoms with E-state index in [0.717, 1.165) is 0 Å². The zero-order valence-corrected chi connectivity index (χ0v) is 8.28. The van der Waals surface area contributed by atoms with Crippen molar-refractivity contribution in [3.63, 3.8) is 0 Å². The standard InChI is InChI=1S/C8H4Cl2F2N2/c9-5-3-4(1-2-13)14-7(10)6(5)8(11)12/h3,8H,1H2. The molecule has 0 spiro atoms. The number of rotatable bonds is 2. The van der Waals surface area contributed by atoms with E-state index in [4.69, 9.17) is 28.5 Å². The number of aromatic nitrogens is 1. The Bertz CT molecular complexity index is 364. The van der Waals surface area contributed by atoms with Crippen molar-refractivity contribution in [3.05, 3.63) is 27.5 Å². The van der Waals surface area contributed by atoms with Crippen molar-refractivity contribution in [3.8, 4) is 6.07 Å². The summed E-state index contributed by atoms with van der Waals surface area (Å²) in [5.74, 6) is 0. The van der Waals surface area contributed by atoms with Gasteiger partial charge in [-0.2, -0.15) is 5.26 Å². The molecule has 0 fully saturated rings. The highest BCUT2D eigenvalue weighted by molar-refractivity contribution is 6.35. The number of hydrogen-bond acceptors (Lipinski definition) is 2. The van der Waals surface area contributed by atoms with Crippen molar-refractivity contribution in [1.82, 2.24) is 4.98 Å². The van der Waals surface area contributed by atoms with Crippen molar-refractivity contribution in [1.29, 1.82) is 5.26 Å². The van der Waals surface area contributed by atoms with Gasteiger partial charge in [0.1, 0.15) is 5.15 Å². The quantitative estimate of drug-likeness (QED) is 0.739. The maximum atomic E-state index is 12.3. The predicted octanol–water partition coefficient (Wildman–Crippen LogP) is 3.39. The Morgan fingerprint density at radius 3 is 2.57 bits per heavy atom. The van der Waals surface area contributed by atoms with E-state index in [0.29, 0.717) is 0 Å². The smallest absolute Gasteiger partial charge is 0.239 e. The normalized spacial score (nSPS) is 10.3. The molecule has 0 N–H and O–H groups in total. The zero-order chi connectivity index (χ0) is 10.7. The number of alkyl halides is 2. The van der Waals surface area contributed by atoms with Gasteiger partial charge in [-0.05, 0) is 6.07 Å². The highest BCUT2D eigenvalue weighted by atomic mass is 35.5. The lowest BCUT2D eigenvalue weighted by molar-refractivity contribution is 0.151. The van der Waals surface area contributed by atoms with Gasteiger partial charge in [0.2, 0.25) is 0 Å². The number of nitrogens with zero attached hydrogens (tertiary/aromatic N) is 2. The van der Waals surface area contributed by atoms with Gasteiger partial charge in [-0.1, -0.05) is 23.2 Å². The fraction of sp³-hybridized carbons (Fsp3) is 0.250. The fourth-order valence-corrected chi connectivity index (χ4v) is 1.55. The van der Waals surface area contributed by atoms with Crippen LogP contribution in [0.15, 0.2) is 6.07 Å². The molecule has 0 aromatic carbocycles. The molecule has 74 valence electrons. The zero-order valence-electron chi connectivity index (χ0n) is 6.77. The van der Waals surface area contributed by atoms with Gasteiger partial charge in [0.15, 0.2) is 0 Å². The second-order valence-corrected chi connectivity index (χ2v) is 3.20. The molecule has 0 amide bonds. The van der Waals surface area contributed by atoms with Gasteiger partial charge < -0.3 is 0 Å². The lowest BCUT2D eigenvalue weighted by Gasteiger charge is -2.06. The Morgan fingerprint density at radius 1 is 1.50 bits per heavy atom. The molecule has 0 unspecified atom stereocenters. The van der Waals surface area contributed by atoms with Crippen LogP contribution in [-0.2, 0) is 6.42 Å². The summed E-state index contributed by atoms with van der Waals surface area (Å²) >= 11 is 11.0. The first-order valence-electron chi connectivity index (χ1n) is 3.56. The van der Waals surface area contributed by atoms with E-state index in [1.807, 2.05) is 6.07 Å². The first kappa shape index (κ1) is 11.2. The molecular formula is C8H4Cl2F2N2. The molecule has 0 bridgehead atoms. The van der Waals surface area contributed by atoms with Crippen LogP contribution in [0.1, 0.15) is 17.7 Å². The minimum absolute atomic E-state index is 0.0110. The molecule has 0 aliphatic heterocycles. The second-order valence-electron chi connectivity index (χ2n) is 2.44. The summed E-state index contributed by atoms with van der Waals surface area (Å²) in [6.07, 6.45) is -2.78. The van der Waals surface area contributed by atoms with Crippen LogP contribution in [0.25, 0.3) is 0 Å². The second kappa shape index (κ2) is 4.54. The molecule has 0 aliphatic rings.